The van der Waals surface area contributed by atoms with Gasteiger partial charge in [0.1, 0.15) is 12.6 Å². The van der Waals surface area contributed by atoms with Crippen LogP contribution < -0.4 is 9.62 Å². The third-order valence-corrected chi connectivity index (χ3v) is 8.21. The van der Waals surface area contributed by atoms with E-state index in [1.165, 1.54) is 4.90 Å². The average Bonchev–Trinajstić information content (AvgIpc) is 3.31. The Labute approximate surface area is 222 Å². The highest BCUT2D eigenvalue weighted by Crippen LogP contribution is 2.22. The molecular weight excluding hydrogens is 577 g/mol. The van der Waals surface area contributed by atoms with Crippen LogP contribution >= 0.6 is 22.6 Å². The number of sulfonamides is 1. The van der Waals surface area contributed by atoms with Crippen LogP contribution in [0.5, 0.6) is 0 Å². The summed E-state index contributed by atoms with van der Waals surface area (Å²) in [5.74, 6) is -0.594. The molecule has 0 radical (unpaired) electrons. The van der Waals surface area contributed by atoms with E-state index in [1.807, 2.05) is 38.1 Å². The molecule has 2 amide bonds. The third kappa shape index (κ3) is 7.67. The number of hydrogen-bond acceptors (Lipinski definition) is 4. The summed E-state index contributed by atoms with van der Waals surface area (Å²) < 4.78 is 27.4. The molecule has 0 unspecified atom stereocenters. The summed E-state index contributed by atoms with van der Waals surface area (Å²) in [7, 11) is -3.73. The maximum absolute atomic E-state index is 13.7. The van der Waals surface area contributed by atoms with Crippen molar-refractivity contribution in [2.45, 2.75) is 64.6 Å². The smallest absolute Gasteiger partial charge is 0.244 e. The molecular formula is C26H34IN3O4S. The SMILES string of the molecule is CC[C@H](C(=O)NC1CCCC1)N(Cc1ccc(C)cc1)C(=O)CN(c1ccc(I)cc1)S(C)(=O)=O. The fourth-order valence-corrected chi connectivity index (χ4v) is 5.61. The maximum atomic E-state index is 13.7. The summed E-state index contributed by atoms with van der Waals surface area (Å²) in [6.45, 7) is 3.71. The number of carbonyl (C=O) groups is 2. The second-order valence-electron chi connectivity index (χ2n) is 9.17. The Bertz CT molecular complexity index is 1110. The van der Waals surface area contributed by atoms with Gasteiger partial charge in [0.05, 0.1) is 11.9 Å². The first-order valence-corrected chi connectivity index (χ1v) is 14.9. The van der Waals surface area contributed by atoms with Crippen LogP contribution in [0.15, 0.2) is 48.5 Å². The van der Waals surface area contributed by atoms with Gasteiger partial charge < -0.3 is 10.2 Å². The fraction of sp³-hybridized carbons (Fsp3) is 0.462. The lowest BCUT2D eigenvalue weighted by Gasteiger charge is -2.33. The van der Waals surface area contributed by atoms with Crippen LogP contribution in [-0.2, 0) is 26.2 Å². The molecule has 2 aromatic rings. The summed E-state index contributed by atoms with van der Waals surface area (Å²) in [4.78, 5) is 28.5. The quantitative estimate of drug-likeness (QED) is 0.408. The van der Waals surface area contributed by atoms with Crippen LogP contribution in [0.2, 0.25) is 0 Å². The standard InChI is InChI=1S/C26H34IN3O4S/c1-4-24(26(32)28-22-7-5-6-8-22)29(17-20-11-9-19(2)10-12-20)25(31)18-30(35(3,33)34)23-15-13-21(27)14-16-23/h9-16,22,24H,4-8,17-18H2,1-3H3,(H,28,32)/t24-/m1/s1. The predicted octanol–water partition coefficient (Wildman–Crippen LogP) is 4.23. The Morgan fingerprint density at radius 1 is 1.06 bits per heavy atom. The second-order valence-corrected chi connectivity index (χ2v) is 12.3. The highest BCUT2D eigenvalue weighted by molar-refractivity contribution is 14.1. The van der Waals surface area contributed by atoms with Crippen molar-refractivity contribution >= 4 is 50.1 Å². The summed E-state index contributed by atoms with van der Waals surface area (Å²) in [5.41, 5.74) is 2.40. The van der Waals surface area contributed by atoms with Crippen molar-refractivity contribution in [1.82, 2.24) is 10.2 Å². The topological polar surface area (TPSA) is 86.8 Å². The summed E-state index contributed by atoms with van der Waals surface area (Å²) >= 11 is 2.14. The lowest BCUT2D eigenvalue weighted by molar-refractivity contribution is -0.140. The number of aryl methyl sites for hydroxylation is 1. The Morgan fingerprint density at radius 2 is 1.66 bits per heavy atom. The van der Waals surface area contributed by atoms with Crippen molar-refractivity contribution in [2.24, 2.45) is 0 Å². The lowest BCUT2D eigenvalue weighted by atomic mass is 10.1. The van der Waals surface area contributed by atoms with E-state index in [9.17, 15) is 18.0 Å². The molecule has 9 heteroatoms. The van der Waals surface area contributed by atoms with Crippen LogP contribution in [0, 0.1) is 10.5 Å². The van der Waals surface area contributed by atoms with Crippen molar-refractivity contribution in [3.8, 4) is 0 Å². The van der Waals surface area contributed by atoms with E-state index in [2.05, 4.69) is 27.9 Å². The zero-order chi connectivity index (χ0) is 25.6. The van der Waals surface area contributed by atoms with Crippen LogP contribution in [-0.4, -0.2) is 50.0 Å². The summed E-state index contributed by atoms with van der Waals surface area (Å²) in [5, 5.41) is 3.12. The van der Waals surface area contributed by atoms with Gasteiger partial charge in [0, 0.05) is 16.2 Å². The van der Waals surface area contributed by atoms with Gasteiger partial charge in [-0.25, -0.2) is 8.42 Å². The lowest BCUT2D eigenvalue weighted by Crippen LogP contribution is -2.53. The normalized spacial score (nSPS) is 15.0. The number of nitrogens with one attached hydrogen (secondary N) is 1. The Kier molecular flexibility index (Phi) is 9.57. The van der Waals surface area contributed by atoms with E-state index >= 15 is 0 Å². The number of hydrogen-bond donors (Lipinski definition) is 1. The molecule has 190 valence electrons. The van der Waals surface area contributed by atoms with Crippen LogP contribution in [0.25, 0.3) is 0 Å². The molecule has 0 heterocycles. The van der Waals surface area contributed by atoms with Crippen molar-refractivity contribution < 1.29 is 18.0 Å². The number of amides is 2. The molecule has 1 aliphatic carbocycles. The van der Waals surface area contributed by atoms with Crippen LogP contribution in [0.1, 0.15) is 50.2 Å². The van der Waals surface area contributed by atoms with Crippen molar-refractivity contribution in [3.05, 3.63) is 63.2 Å². The van der Waals surface area contributed by atoms with Gasteiger partial charge in [-0.15, -0.1) is 0 Å². The van der Waals surface area contributed by atoms with E-state index in [4.69, 9.17) is 0 Å². The molecule has 0 aliphatic heterocycles. The van der Waals surface area contributed by atoms with Crippen molar-refractivity contribution in [2.75, 3.05) is 17.1 Å². The second kappa shape index (κ2) is 12.2. The highest BCUT2D eigenvalue weighted by Gasteiger charge is 2.33. The van der Waals surface area contributed by atoms with Gasteiger partial charge in [0.25, 0.3) is 0 Å². The molecule has 1 aliphatic rings. The van der Waals surface area contributed by atoms with E-state index < -0.39 is 22.0 Å². The predicted molar refractivity (Wildman–Crippen MR) is 148 cm³/mol. The molecule has 0 bridgehead atoms. The minimum Gasteiger partial charge on any atom is -0.352 e. The number of anilines is 1. The van der Waals surface area contributed by atoms with Crippen LogP contribution in [0.4, 0.5) is 5.69 Å². The van der Waals surface area contributed by atoms with E-state index in [0.29, 0.717) is 12.1 Å². The minimum atomic E-state index is -3.73. The first kappa shape index (κ1) is 27.4. The molecule has 0 aromatic heterocycles. The largest absolute Gasteiger partial charge is 0.352 e. The zero-order valence-electron chi connectivity index (χ0n) is 20.5. The van der Waals surface area contributed by atoms with Gasteiger partial charge in [-0.3, -0.25) is 13.9 Å². The average molecular weight is 612 g/mol. The summed E-state index contributed by atoms with van der Waals surface area (Å²) in [6, 6.07) is 14.2. The van der Waals surface area contributed by atoms with Gasteiger partial charge in [0.2, 0.25) is 21.8 Å². The van der Waals surface area contributed by atoms with Gasteiger partial charge in [-0.1, -0.05) is 49.6 Å². The van der Waals surface area contributed by atoms with Gasteiger partial charge in [-0.05, 0) is 78.6 Å². The molecule has 3 rings (SSSR count). The first-order valence-electron chi connectivity index (χ1n) is 12.0. The molecule has 1 atom stereocenters. The number of carbonyl (C=O) groups excluding carboxylic acids is 2. The number of rotatable bonds is 10. The number of nitrogens with zero attached hydrogens (tertiary/aromatic N) is 2. The monoisotopic (exact) mass is 611 g/mol. The van der Waals surface area contributed by atoms with Crippen molar-refractivity contribution in [1.29, 1.82) is 0 Å². The van der Waals surface area contributed by atoms with Crippen molar-refractivity contribution in [3.63, 3.8) is 0 Å². The van der Waals surface area contributed by atoms with Crippen LogP contribution in [0.3, 0.4) is 0 Å². The first-order chi connectivity index (χ1) is 16.6. The Hall–Kier alpha value is -2.14. The molecule has 1 fully saturated rings. The summed E-state index contributed by atoms with van der Waals surface area (Å²) in [6.07, 6.45) is 5.59. The van der Waals surface area contributed by atoms with E-state index in [1.54, 1.807) is 24.3 Å². The molecule has 2 aromatic carbocycles. The molecule has 0 spiro atoms. The molecule has 35 heavy (non-hydrogen) atoms. The molecule has 0 saturated heterocycles. The number of benzene rings is 2. The van der Waals surface area contributed by atoms with E-state index in [0.717, 1.165) is 50.9 Å². The van der Waals surface area contributed by atoms with Gasteiger partial charge in [-0.2, -0.15) is 0 Å². The Balaban J connectivity index is 1.90. The molecule has 7 nitrogen and oxygen atoms in total. The van der Waals surface area contributed by atoms with Gasteiger partial charge in [0.15, 0.2) is 0 Å². The van der Waals surface area contributed by atoms with Gasteiger partial charge >= 0.3 is 0 Å². The number of halogens is 1. The molecule has 1 saturated carbocycles. The zero-order valence-corrected chi connectivity index (χ0v) is 23.5. The highest BCUT2D eigenvalue weighted by atomic mass is 127. The Morgan fingerprint density at radius 3 is 2.20 bits per heavy atom. The maximum Gasteiger partial charge on any atom is 0.244 e. The minimum absolute atomic E-state index is 0.132. The third-order valence-electron chi connectivity index (χ3n) is 6.35. The molecule has 1 N–H and O–H groups in total. The fourth-order valence-electron chi connectivity index (χ4n) is 4.40. The van der Waals surface area contributed by atoms with E-state index in [-0.39, 0.29) is 25.0 Å².